The van der Waals surface area contributed by atoms with Crippen molar-refractivity contribution >= 4 is 26.5 Å². The number of carbonyl (C=O) groups is 1. The summed E-state index contributed by atoms with van der Waals surface area (Å²) >= 11 is 0. The number of hydrogen-bond acceptors (Lipinski definition) is 4. The highest BCUT2D eigenvalue weighted by atomic mass is 32.2. The van der Waals surface area contributed by atoms with Crippen molar-refractivity contribution in [2.75, 3.05) is 24.6 Å². The van der Waals surface area contributed by atoms with Gasteiger partial charge in [0.15, 0.2) is 9.84 Å². The number of hydrogen-bond donors (Lipinski definition) is 0. The first-order valence-electron chi connectivity index (χ1n) is 7.44. The van der Waals surface area contributed by atoms with Crippen molar-refractivity contribution < 1.29 is 13.2 Å². The topological polar surface area (TPSA) is 76.5 Å². The third kappa shape index (κ3) is 3.14. The molecule has 3 rings (SSSR count). The number of aryl methyl sites for hydroxylation is 1. The third-order valence-corrected chi connectivity index (χ3v) is 5.85. The number of aromatic nitrogens is 1. The minimum Gasteiger partial charge on any atom is -0.339 e. The van der Waals surface area contributed by atoms with Gasteiger partial charge in [-0.15, -0.1) is 0 Å². The Morgan fingerprint density at radius 1 is 1.13 bits per heavy atom. The number of rotatable bonds is 2. The highest BCUT2D eigenvalue weighted by Gasteiger charge is 2.25. The summed E-state index contributed by atoms with van der Waals surface area (Å²) in [5, 5.41) is 1.46. The second kappa shape index (κ2) is 5.81. The number of sulfone groups is 1. The molecule has 6 nitrogen and oxygen atoms in total. The molecule has 0 aliphatic carbocycles. The number of amides is 1. The van der Waals surface area contributed by atoms with Crippen molar-refractivity contribution in [2.45, 2.75) is 13.5 Å². The van der Waals surface area contributed by atoms with Gasteiger partial charge in [-0.05, 0) is 30.0 Å². The normalized spacial score (nSPS) is 17.3. The Morgan fingerprint density at radius 3 is 2.52 bits per heavy atom. The van der Waals surface area contributed by atoms with E-state index in [0.29, 0.717) is 5.39 Å². The Balaban J connectivity index is 1.83. The molecular weight excluding hydrogens is 316 g/mol. The highest BCUT2D eigenvalue weighted by molar-refractivity contribution is 7.91. The van der Waals surface area contributed by atoms with Gasteiger partial charge in [0.2, 0.25) is 5.91 Å². The molecule has 1 aliphatic rings. The molecule has 0 radical (unpaired) electrons. The Hall–Kier alpha value is -2.15. The molecule has 0 saturated carbocycles. The number of fused-ring (bicyclic) bond motifs is 1. The van der Waals surface area contributed by atoms with Crippen LogP contribution in [0.2, 0.25) is 0 Å². The molecule has 1 saturated heterocycles. The van der Waals surface area contributed by atoms with Gasteiger partial charge in [0, 0.05) is 24.7 Å². The van der Waals surface area contributed by atoms with Crippen LogP contribution in [0.15, 0.2) is 35.3 Å². The fourth-order valence-electron chi connectivity index (χ4n) is 2.81. The SMILES string of the molecule is Cc1cccc2c(=O)n(CC(=O)N3CCS(=O)(=O)CC3)ccc12. The molecule has 0 bridgehead atoms. The quantitative estimate of drug-likeness (QED) is 0.804. The Morgan fingerprint density at radius 2 is 1.83 bits per heavy atom. The van der Waals surface area contributed by atoms with E-state index in [1.54, 1.807) is 12.3 Å². The smallest absolute Gasteiger partial charge is 0.258 e. The van der Waals surface area contributed by atoms with E-state index in [-0.39, 0.29) is 42.6 Å². The molecule has 1 aromatic carbocycles. The lowest BCUT2D eigenvalue weighted by Gasteiger charge is -2.27. The standard InChI is InChI=1S/C16H18N2O4S/c1-12-3-2-4-14-13(12)5-6-18(16(14)20)11-15(19)17-7-9-23(21,22)10-8-17/h2-6H,7-11H2,1H3. The van der Waals surface area contributed by atoms with Gasteiger partial charge in [0.1, 0.15) is 6.54 Å². The van der Waals surface area contributed by atoms with Crippen molar-refractivity contribution in [3.8, 4) is 0 Å². The van der Waals surface area contributed by atoms with Crippen molar-refractivity contribution in [3.63, 3.8) is 0 Å². The molecule has 0 atom stereocenters. The van der Waals surface area contributed by atoms with Gasteiger partial charge in [-0.1, -0.05) is 12.1 Å². The molecule has 1 fully saturated rings. The molecule has 122 valence electrons. The van der Waals surface area contributed by atoms with E-state index in [9.17, 15) is 18.0 Å². The van der Waals surface area contributed by atoms with E-state index >= 15 is 0 Å². The van der Waals surface area contributed by atoms with Crippen LogP contribution < -0.4 is 5.56 Å². The van der Waals surface area contributed by atoms with Crippen LogP contribution in [0.1, 0.15) is 5.56 Å². The van der Waals surface area contributed by atoms with E-state index in [4.69, 9.17) is 0 Å². The number of benzene rings is 1. The van der Waals surface area contributed by atoms with E-state index in [2.05, 4.69) is 0 Å². The van der Waals surface area contributed by atoms with Crippen LogP contribution in [0.5, 0.6) is 0 Å². The van der Waals surface area contributed by atoms with Crippen LogP contribution in [0.25, 0.3) is 10.8 Å². The van der Waals surface area contributed by atoms with E-state index in [0.717, 1.165) is 10.9 Å². The summed E-state index contributed by atoms with van der Waals surface area (Å²) in [7, 11) is -3.03. The summed E-state index contributed by atoms with van der Waals surface area (Å²) in [6.07, 6.45) is 1.62. The Bertz CT molecular complexity index is 917. The molecule has 0 N–H and O–H groups in total. The lowest BCUT2D eigenvalue weighted by molar-refractivity contribution is -0.131. The number of carbonyl (C=O) groups excluding carboxylic acids is 1. The Labute approximate surface area is 134 Å². The van der Waals surface area contributed by atoms with Crippen molar-refractivity contribution in [3.05, 3.63) is 46.4 Å². The summed E-state index contributed by atoms with van der Waals surface area (Å²) < 4.78 is 24.2. The second-order valence-electron chi connectivity index (χ2n) is 5.82. The van der Waals surface area contributed by atoms with Crippen LogP contribution in [0.4, 0.5) is 0 Å². The van der Waals surface area contributed by atoms with Gasteiger partial charge >= 0.3 is 0 Å². The minimum atomic E-state index is -3.03. The monoisotopic (exact) mass is 334 g/mol. The molecule has 2 heterocycles. The van der Waals surface area contributed by atoms with Gasteiger partial charge in [-0.3, -0.25) is 9.59 Å². The van der Waals surface area contributed by atoms with Crippen LogP contribution >= 0.6 is 0 Å². The summed E-state index contributed by atoms with van der Waals surface area (Å²) in [6.45, 7) is 2.26. The van der Waals surface area contributed by atoms with Gasteiger partial charge in [-0.2, -0.15) is 0 Å². The number of nitrogens with zero attached hydrogens (tertiary/aromatic N) is 2. The lowest BCUT2D eigenvalue weighted by Crippen LogP contribution is -2.45. The van der Waals surface area contributed by atoms with Gasteiger partial charge in [0.05, 0.1) is 11.5 Å². The van der Waals surface area contributed by atoms with Gasteiger partial charge in [-0.25, -0.2) is 8.42 Å². The molecular formula is C16H18N2O4S. The number of pyridine rings is 1. The molecule has 1 amide bonds. The minimum absolute atomic E-state index is 0.00937. The average molecular weight is 334 g/mol. The molecule has 0 spiro atoms. The van der Waals surface area contributed by atoms with Crippen LogP contribution in [-0.4, -0.2) is 48.4 Å². The maximum absolute atomic E-state index is 12.5. The predicted octanol–water partition coefficient (Wildman–Crippen LogP) is 0.567. The van der Waals surface area contributed by atoms with E-state index < -0.39 is 9.84 Å². The fraction of sp³-hybridized carbons (Fsp3) is 0.375. The molecule has 1 aliphatic heterocycles. The van der Waals surface area contributed by atoms with Crippen molar-refractivity contribution in [1.82, 2.24) is 9.47 Å². The first-order valence-corrected chi connectivity index (χ1v) is 9.26. The van der Waals surface area contributed by atoms with Crippen LogP contribution in [0.3, 0.4) is 0 Å². The first-order chi connectivity index (χ1) is 10.9. The molecule has 7 heteroatoms. The maximum atomic E-state index is 12.5. The average Bonchev–Trinajstić information content (AvgIpc) is 2.50. The Kier molecular flexibility index (Phi) is 3.97. The van der Waals surface area contributed by atoms with E-state index in [1.807, 2.05) is 25.1 Å². The van der Waals surface area contributed by atoms with Crippen LogP contribution in [-0.2, 0) is 21.2 Å². The zero-order valence-corrected chi connectivity index (χ0v) is 13.7. The largest absolute Gasteiger partial charge is 0.339 e. The lowest BCUT2D eigenvalue weighted by atomic mass is 10.1. The second-order valence-corrected chi connectivity index (χ2v) is 8.12. The summed E-state index contributed by atoms with van der Waals surface area (Å²) in [6, 6.07) is 7.34. The fourth-order valence-corrected chi connectivity index (χ4v) is 4.01. The summed E-state index contributed by atoms with van der Waals surface area (Å²) in [4.78, 5) is 26.3. The molecule has 0 unspecified atom stereocenters. The maximum Gasteiger partial charge on any atom is 0.258 e. The first kappa shape index (κ1) is 15.7. The highest BCUT2D eigenvalue weighted by Crippen LogP contribution is 2.14. The van der Waals surface area contributed by atoms with Crippen molar-refractivity contribution in [2.24, 2.45) is 0 Å². The van der Waals surface area contributed by atoms with E-state index in [1.165, 1.54) is 9.47 Å². The van der Waals surface area contributed by atoms with Gasteiger partial charge < -0.3 is 9.47 Å². The molecule has 1 aromatic heterocycles. The van der Waals surface area contributed by atoms with Gasteiger partial charge in [0.25, 0.3) is 5.56 Å². The summed E-state index contributed by atoms with van der Waals surface area (Å²) in [5.41, 5.74) is 0.809. The zero-order chi connectivity index (χ0) is 16.6. The molecule has 2 aromatic rings. The molecule has 23 heavy (non-hydrogen) atoms. The van der Waals surface area contributed by atoms with Crippen LogP contribution in [0, 0.1) is 6.92 Å². The third-order valence-electron chi connectivity index (χ3n) is 4.24. The van der Waals surface area contributed by atoms with Crippen molar-refractivity contribution in [1.29, 1.82) is 0 Å². The summed E-state index contributed by atoms with van der Waals surface area (Å²) in [5.74, 6) is -0.247. The predicted molar refractivity (Wildman–Crippen MR) is 88.2 cm³/mol. The zero-order valence-electron chi connectivity index (χ0n) is 12.9.